The number of carbonyl (C=O) groups is 1. The number of halogens is 2. The van der Waals surface area contributed by atoms with E-state index in [2.05, 4.69) is 19.2 Å². The van der Waals surface area contributed by atoms with E-state index >= 15 is 0 Å². The molecule has 2 unspecified atom stereocenters. The molecule has 1 saturated carbocycles. The Labute approximate surface area is 136 Å². The molecule has 1 fully saturated rings. The maximum absolute atomic E-state index is 12.4. The first-order valence-corrected chi connectivity index (χ1v) is 8.19. The molecule has 1 aromatic carbocycles. The summed E-state index contributed by atoms with van der Waals surface area (Å²) in [6, 6.07) is 5.58. The first-order valence-electron chi connectivity index (χ1n) is 7.44. The molecule has 1 amide bonds. The predicted octanol–water partition coefficient (Wildman–Crippen LogP) is 3.73. The molecule has 5 heteroatoms. The second-order valence-corrected chi connectivity index (χ2v) is 6.56. The minimum absolute atomic E-state index is 0.0232. The zero-order valence-corrected chi connectivity index (χ0v) is 14.0. The quantitative estimate of drug-likeness (QED) is 0.835. The van der Waals surface area contributed by atoms with Crippen LogP contribution in [-0.2, 0) is 4.79 Å². The first-order chi connectivity index (χ1) is 9.98. The van der Waals surface area contributed by atoms with Crippen molar-refractivity contribution in [3.05, 3.63) is 33.8 Å². The van der Waals surface area contributed by atoms with Crippen LogP contribution in [0.3, 0.4) is 0 Å². The third-order valence-electron chi connectivity index (χ3n) is 4.64. The fourth-order valence-corrected chi connectivity index (χ4v) is 3.20. The largest absolute Gasteiger partial charge is 0.349 e. The van der Waals surface area contributed by atoms with Crippen LogP contribution in [0.25, 0.3) is 0 Å². The zero-order chi connectivity index (χ0) is 15.6. The molecule has 0 spiro atoms. The number of rotatable bonds is 6. The summed E-state index contributed by atoms with van der Waals surface area (Å²) in [6.45, 7) is 4.56. The summed E-state index contributed by atoms with van der Waals surface area (Å²) in [5.41, 5.74) is 6.51. The van der Waals surface area contributed by atoms with Gasteiger partial charge in [0.05, 0.1) is 15.6 Å². The Kier molecular flexibility index (Phi) is 5.18. The van der Waals surface area contributed by atoms with Gasteiger partial charge in [0.1, 0.15) is 0 Å². The van der Waals surface area contributed by atoms with Crippen LogP contribution in [0, 0.1) is 5.92 Å². The molecule has 0 aromatic heterocycles. The maximum Gasteiger partial charge on any atom is 0.224 e. The molecule has 0 bridgehead atoms. The molecule has 2 rings (SSSR count). The Morgan fingerprint density at radius 3 is 2.62 bits per heavy atom. The van der Waals surface area contributed by atoms with Crippen LogP contribution < -0.4 is 11.1 Å². The topological polar surface area (TPSA) is 55.1 Å². The van der Waals surface area contributed by atoms with E-state index in [4.69, 9.17) is 28.9 Å². The van der Waals surface area contributed by atoms with Gasteiger partial charge in [0.15, 0.2) is 0 Å². The molecule has 21 heavy (non-hydrogen) atoms. The van der Waals surface area contributed by atoms with E-state index in [0.29, 0.717) is 16.6 Å². The number of hydrogen-bond acceptors (Lipinski definition) is 2. The van der Waals surface area contributed by atoms with Crippen LogP contribution in [-0.4, -0.2) is 18.0 Å². The Morgan fingerprint density at radius 1 is 1.38 bits per heavy atom. The van der Waals surface area contributed by atoms with E-state index in [1.165, 1.54) is 0 Å². The van der Waals surface area contributed by atoms with E-state index < -0.39 is 0 Å². The fraction of sp³-hybridized carbons (Fsp3) is 0.562. The van der Waals surface area contributed by atoms with Gasteiger partial charge in [0.25, 0.3) is 0 Å². The van der Waals surface area contributed by atoms with Gasteiger partial charge in [0.2, 0.25) is 5.91 Å². The first kappa shape index (κ1) is 16.6. The highest BCUT2D eigenvalue weighted by atomic mass is 35.5. The van der Waals surface area contributed by atoms with Gasteiger partial charge in [-0.25, -0.2) is 0 Å². The van der Waals surface area contributed by atoms with Crippen molar-refractivity contribution < 1.29 is 4.79 Å². The molecule has 0 saturated heterocycles. The highest BCUT2D eigenvalue weighted by Crippen LogP contribution is 2.50. The minimum Gasteiger partial charge on any atom is -0.349 e. The second-order valence-electron chi connectivity index (χ2n) is 5.77. The molecule has 0 heterocycles. The number of carbonyl (C=O) groups excluding carboxylic acids is 1. The molecular weight excluding hydrogens is 307 g/mol. The lowest BCUT2D eigenvalue weighted by Crippen LogP contribution is -2.53. The van der Waals surface area contributed by atoms with Gasteiger partial charge >= 0.3 is 0 Å². The van der Waals surface area contributed by atoms with Crippen molar-refractivity contribution in [2.24, 2.45) is 11.7 Å². The summed E-state index contributed by atoms with van der Waals surface area (Å²) < 4.78 is 0. The van der Waals surface area contributed by atoms with Gasteiger partial charge in [-0.3, -0.25) is 4.79 Å². The molecule has 1 aromatic rings. The van der Waals surface area contributed by atoms with E-state index in [0.717, 1.165) is 24.8 Å². The lowest BCUT2D eigenvalue weighted by atomic mass is 9.92. The summed E-state index contributed by atoms with van der Waals surface area (Å²) in [7, 11) is 0. The highest BCUT2D eigenvalue weighted by Gasteiger charge is 2.46. The van der Waals surface area contributed by atoms with E-state index in [1.807, 2.05) is 12.1 Å². The van der Waals surface area contributed by atoms with Gasteiger partial charge in [-0.1, -0.05) is 49.2 Å². The lowest BCUT2D eigenvalue weighted by molar-refractivity contribution is -0.124. The SMILES string of the molecule is CCC(CC)(CN)NC(=O)C1CC1c1cccc(Cl)c1Cl. The molecule has 1 aliphatic carbocycles. The van der Waals surface area contributed by atoms with E-state index in [-0.39, 0.29) is 23.3 Å². The van der Waals surface area contributed by atoms with Gasteiger partial charge in [0, 0.05) is 12.5 Å². The number of nitrogens with one attached hydrogen (secondary N) is 1. The van der Waals surface area contributed by atoms with Crippen molar-refractivity contribution in [2.45, 2.75) is 44.6 Å². The van der Waals surface area contributed by atoms with Crippen LogP contribution in [0.1, 0.15) is 44.6 Å². The van der Waals surface area contributed by atoms with Crippen LogP contribution in [0.2, 0.25) is 10.0 Å². The Balaban J connectivity index is 2.06. The smallest absolute Gasteiger partial charge is 0.224 e. The zero-order valence-electron chi connectivity index (χ0n) is 12.5. The van der Waals surface area contributed by atoms with Crippen LogP contribution in [0.15, 0.2) is 18.2 Å². The van der Waals surface area contributed by atoms with Crippen molar-refractivity contribution in [3.8, 4) is 0 Å². The molecule has 3 N–H and O–H groups in total. The maximum atomic E-state index is 12.4. The van der Waals surface area contributed by atoms with Crippen LogP contribution >= 0.6 is 23.2 Å². The second kappa shape index (κ2) is 6.55. The molecular formula is C16H22Cl2N2O. The molecule has 1 aliphatic rings. The standard InChI is InChI=1S/C16H22Cl2N2O/c1-3-16(4-2,9-19)20-15(21)12-8-11(12)10-6-5-7-13(17)14(10)18/h5-7,11-12H,3-4,8-9,19H2,1-2H3,(H,20,21). The van der Waals surface area contributed by atoms with E-state index in [9.17, 15) is 4.79 Å². The summed E-state index contributed by atoms with van der Waals surface area (Å²) >= 11 is 12.3. The number of amides is 1. The lowest BCUT2D eigenvalue weighted by Gasteiger charge is -2.31. The molecule has 0 aliphatic heterocycles. The highest BCUT2D eigenvalue weighted by molar-refractivity contribution is 6.42. The van der Waals surface area contributed by atoms with Crippen LogP contribution in [0.4, 0.5) is 0 Å². The third-order valence-corrected chi connectivity index (χ3v) is 5.47. The van der Waals surface area contributed by atoms with Crippen molar-refractivity contribution in [1.82, 2.24) is 5.32 Å². The normalized spacial score (nSPS) is 21.2. The third kappa shape index (κ3) is 3.36. The number of nitrogens with two attached hydrogens (primary N) is 1. The summed E-state index contributed by atoms with van der Waals surface area (Å²) in [4.78, 5) is 12.4. The van der Waals surface area contributed by atoms with Crippen molar-refractivity contribution in [2.75, 3.05) is 6.54 Å². The minimum atomic E-state index is -0.289. The van der Waals surface area contributed by atoms with Gasteiger partial charge in [-0.2, -0.15) is 0 Å². The molecule has 0 radical (unpaired) electrons. The van der Waals surface area contributed by atoms with Crippen molar-refractivity contribution >= 4 is 29.1 Å². The van der Waals surface area contributed by atoms with Gasteiger partial charge in [-0.15, -0.1) is 0 Å². The van der Waals surface area contributed by atoms with Gasteiger partial charge in [-0.05, 0) is 36.8 Å². The molecule has 2 atom stereocenters. The summed E-state index contributed by atoms with van der Waals surface area (Å²) in [5.74, 6) is 0.218. The monoisotopic (exact) mass is 328 g/mol. The fourth-order valence-electron chi connectivity index (χ4n) is 2.76. The van der Waals surface area contributed by atoms with E-state index in [1.54, 1.807) is 6.07 Å². The summed E-state index contributed by atoms with van der Waals surface area (Å²) in [6.07, 6.45) is 2.49. The van der Waals surface area contributed by atoms with Gasteiger partial charge < -0.3 is 11.1 Å². The number of hydrogen-bond donors (Lipinski definition) is 2. The predicted molar refractivity (Wildman–Crippen MR) is 87.8 cm³/mol. The van der Waals surface area contributed by atoms with Crippen molar-refractivity contribution in [1.29, 1.82) is 0 Å². The average Bonchev–Trinajstić information content (AvgIpc) is 3.28. The number of benzene rings is 1. The Bertz CT molecular complexity index is 521. The Hall–Kier alpha value is -0.770. The molecule has 116 valence electrons. The van der Waals surface area contributed by atoms with Crippen molar-refractivity contribution in [3.63, 3.8) is 0 Å². The molecule has 3 nitrogen and oxygen atoms in total. The van der Waals surface area contributed by atoms with Crippen LogP contribution in [0.5, 0.6) is 0 Å². The summed E-state index contributed by atoms with van der Waals surface area (Å²) in [5, 5.41) is 4.24. The average molecular weight is 329 g/mol. The Morgan fingerprint density at radius 2 is 2.05 bits per heavy atom.